The molecule has 0 saturated heterocycles. The van der Waals surface area contributed by atoms with Gasteiger partial charge in [-0.2, -0.15) is 0 Å². The number of nitrogens with zero attached hydrogens (tertiary/aromatic N) is 1. The van der Waals surface area contributed by atoms with E-state index < -0.39 is 6.04 Å². The minimum Gasteiger partial charge on any atom is -0.352 e. The lowest BCUT2D eigenvalue weighted by atomic mass is 9.95. The Morgan fingerprint density at radius 2 is 1.84 bits per heavy atom. The van der Waals surface area contributed by atoms with Crippen LogP contribution in [0.15, 0.2) is 42.5 Å². The Morgan fingerprint density at radius 3 is 2.50 bits per heavy atom. The summed E-state index contributed by atoms with van der Waals surface area (Å²) in [5.74, 6) is -0.172. The van der Waals surface area contributed by atoms with Crippen molar-refractivity contribution in [2.75, 3.05) is 0 Å². The number of carbonyl (C=O) groups is 2. The average molecular weight is 475 g/mol. The molecule has 4 nitrogen and oxygen atoms in total. The van der Waals surface area contributed by atoms with E-state index in [1.54, 1.807) is 17.0 Å². The number of amides is 2. The Balaban J connectivity index is 1.84. The Bertz CT molecular complexity index is 941. The van der Waals surface area contributed by atoms with Crippen molar-refractivity contribution in [1.29, 1.82) is 0 Å². The van der Waals surface area contributed by atoms with Crippen molar-refractivity contribution in [3.05, 3.63) is 69.2 Å². The smallest absolute Gasteiger partial charge is 0.243 e. The summed E-state index contributed by atoms with van der Waals surface area (Å²) in [7, 11) is 0. The summed E-state index contributed by atoms with van der Waals surface area (Å²) in [6.07, 6.45) is 6.27. The van der Waals surface area contributed by atoms with Crippen LogP contribution in [0.1, 0.15) is 62.1 Å². The van der Waals surface area contributed by atoms with E-state index in [1.807, 2.05) is 44.2 Å². The largest absolute Gasteiger partial charge is 0.352 e. The number of aryl methyl sites for hydroxylation is 1. The summed E-state index contributed by atoms with van der Waals surface area (Å²) in [5.41, 5.74) is 2.81. The van der Waals surface area contributed by atoms with Crippen molar-refractivity contribution >= 4 is 35.0 Å². The number of nitrogens with one attached hydrogen (secondary N) is 1. The topological polar surface area (TPSA) is 49.4 Å². The van der Waals surface area contributed by atoms with Crippen molar-refractivity contribution in [2.24, 2.45) is 0 Å². The molecular weight excluding hydrogens is 443 g/mol. The van der Waals surface area contributed by atoms with Crippen molar-refractivity contribution in [3.8, 4) is 0 Å². The molecule has 0 aromatic heterocycles. The maximum Gasteiger partial charge on any atom is 0.243 e. The molecular formula is C26H32Cl2N2O2. The lowest BCUT2D eigenvalue weighted by Gasteiger charge is -2.33. The summed E-state index contributed by atoms with van der Waals surface area (Å²) in [4.78, 5) is 28.4. The van der Waals surface area contributed by atoms with Gasteiger partial charge < -0.3 is 10.2 Å². The van der Waals surface area contributed by atoms with E-state index in [0.29, 0.717) is 16.5 Å². The van der Waals surface area contributed by atoms with E-state index in [2.05, 4.69) is 5.32 Å². The van der Waals surface area contributed by atoms with Gasteiger partial charge in [-0.3, -0.25) is 9.59 Å². The molecule has 0 aliphatic heterocycles. The lowest BCUT2D eigenvalue weighted by Crippen LogP contribution is -2.52. The van der Waals surface area contributed by atoms with Crippen LogP contribution < -0.4 is 5.32 Å². The van der Waals surface area contributed by atoms with Gasteiger partial charge in [-0.25, -0.2) is 0 Å². The number of carbonyl (C=O) groups excluding carboxylic acids is 2. The number of rotatable bonds is 8. The van der Waals surface area contributed by atoms with Crippen LogP contribution in [0.5, 0.6) is 0 Å². The van der Waals surface area contributed by atoms with Crippen LogP contribution in [-0.4, -0.2) is 28.8 Å². The molecule has 1 atom stereocenters. The molecule has 0 heterocycles. The molecule has 6 heteroatoms. The van der Waals surface area contributed by atoms with E-state index in [1.165, 1.54) is 6.42 Å². The van der Waals surface area contributed by atoms with Crippen LogP contribution >= 0.6 is 23.2 Å². The van der Waals surface area contributed by atoms with Gasteiger partial charge in [0.05, 0.1) is 6.42 Å². The zero-order valence-corrected chi connectivity index (χ0v) is 20.4. The van der Waals surface area contributed by atoms with Gasteiger partial charge in [0.15, 0.2) is 0 Å². The number of hydrogen-bond donors (Lipinski definition) is 1. The van der Waals surface area contributed by atoms with E-state index >= 15 is 0 Å². The molecule has 2 aromatic rings. The summed E-state index contributed by atoms with van der Waals surface area (Å²) < 4.78 is 0. The summed E-state index contributed by atoms with van der Waals surface area (Å²) in [6, 6.07) is 12.8. The van der Waals surface area contributed by atoms with E-state index in [4.69, 9.17) is 23.2 Å². The summed E-state index contributed by atoms with van der Waals surface area (Å²) in [6.45, 7) is 4.21. The summed E-state index contributed by atoms with van der Waals surface area (Å²) >= 11 is 12.5. The fraction of sp³-hybridized carbons (Fsp3) is 0.462. The average Bonchev–Trinajstić information content (AvgIpc) is 2.75. The minimum absolute atomic E-state index is 0.0814. The standard InChI is InChI=1S/C26H32Cl2N2O2/c1-3-24(26(32)29-22-10-5-4-6-11-22)30(17-20-12-13-21(27)16-23(20)28)25(31)15-19-9-7-8-18(2)14-19/h7-9,12-14,16,22,24H,3-6,10-11,15,17H2,1-2H3,(H,29,32). The van der Waals surface area contributed by atoms with Gasteiger partial charge in [0.25, 0.3) is 0 Å². The predicted molar refractivity (Wildman–Crippen MR) is 131 cm³/mol. The third-order valence-corrected chi connectivity index (χ3v) is 6.72. The van der Waals surface area contributed by atoms with Gasteiger partial charge >= 0.3 is 0 Å². The molecule has 0 bridgehead atoms. The quantitative estimate of drug-likeness (QED) is 0.502. The van der Waals surface area contributed by atoms with Crippen LogP contribution in [-0.2, 0) is 22.6 Å². The first-order valence-electron chi connectivity index (χ1n) is 11.5. The number of halogens is 2. The normalized spacial score (nSPS) is 15.2. The minimum atomic E-state index is -0.555. The highest BCUT2D eigenvalue weighted by Crippen LogP contribution is 2.25. The first-order valence-corrected chi connectivity index (χ1v) is 12.2. The highest BCUT2D eigenvalue weighted by Gasteiger charge is 2.30. The zero-order valence-electron chi connectivity index (χ0n) is 18.9. The second-order valence-electron chi connectivity index (χ2n) is 8.69. The van der Waals surface area contributed by atoms with Gasteiger partial charge in [-0.1, -0.05) is 85.3 Å². The second kappa shape index (κ2) is 11.7. The Morgan fingerprint density at radius 1 is 1.09 bits per heavy atom. The SMILES string of the molecule is CCC(C(=O)NC1CCCCC1)N(Cc1ccc(Cl)cc1Cl)C(=O)Cc1cccc(C)c1. The Kier molecular flexibility index (Phi) is 9.01. The van der Waals surface area contributed by atoms with Gasteiger partial charge in [0.1, 0.15) is 6.04 Å². The van der Waals surface area contributed by atoms with Crippen molar-refractivity contribution in [1.82, 2.24) is 10.2 Å². The van der Waals surface area contributed by atoms with Crippen LogP contribution in [0.2, 0.25) is 10.0 Å². The van der Waals surface area contributed by atoms with E-state index in [-0.39, 0.29) is 30.8 Å². The van der Waals surface area contributed by atoms with Crippen molar-refractivity contribution < 1.29 is 9.59 Å². The van der Waals surface area contributed by atoms with E-state index in [9.17, 15) is 9.59 Å². The second-order valence-corrected chi connectivity index (χ2v) is 9.53. The highest BCUT2D eigenvalue weighted by atomic mass is 35.5. The Labute approximate surface area is 201 Å². The molecule has 172 valence electrons. The molecule has 0 spiro atoms. The molecule has 0 radical (unpaired) electrons. The molecule has 2 amide bonds. The van der Waals surface area contributed by atoms with Crippen LogP contribution in [0, 0.1) is 6.92 Å². The van der Waals surface area contributed by atoms with Crippen LogP contribution in [0.4, 0.5) is 0 Å². The molecule has 32 heavy (non-hydrogen) atoms. The van der Waals surface area contributed by atoms with Crippen molar-refractivity contribution in [3.63, 3.8) is 0 Å². The monoisotopic (exact) mass is 474 g/mol. The van der Waals surface area contributed by atoms with E-state index in [0.717, 1.165) is 42.4 Å². The maximum atomic E-state index is 13.5. The molecule has 2 aromatic carbocycles. The third-order valence-electron chi connectivity index (χ3n) is 6.13. The molecule has 1 aliphatic rings. The molecule has 1 fully saturated rings. The van der Waals surface area contributed by atoms with Gasteiger partial charge in [-0.15, -0.1) is 0 Å². The molecule has 1 saturated carbocycles. The van der Waals surface area contributed by atoms with Gasteiger partial charge in [-0.05, 0) is 49.4 Å². The highest BCUT2D eigenvalue weighted by molar-refractivity contribution is 6.35. The Hall–Kier alpha value is -2.04. The predicted octanol–water partition coefficient (Wildman–Crippen LogP) is 6.10. The van der Waals surface area contributed by atoms with Crippen molar-refractivity contribution in [2.45, 2.75) is 77.4 Å². The van der Waals surface area contributed by atoms with Crippen LogP contribution in [0.3, 0.4) is 0 Å². The first-order chi connectivity index (χ1) is 15.4. The molecule has 1 N–H and O–H groups in total. The molecule has 1 aliphatic carbocycles. The van der Waals surface area contributed by atoms with Gasteiger partial charge in [0, 0.05) is 22.6 Å². The van der Waals surface area contributed by atoms with Gasteiger partial charge in [0.2, 0.25) is 11.8 Å². The molecule has 3 rings (SSSR count). The molecule has 1 unspecified atom stereocenters. The number of hydrogen-bond acceptors (Lipinski definition) is 2. The maximum absolute atomic E-state index is 13.5. The first kappa shape index (κ1) is 24.6. The third kappa shape index (κ3) is 6.73. The van der Waals surface area contributed by atoms with Crippen LogP contribution in [0.25, 0.3) is 0 Å². The lowest BCUT2D eigenvalue weighted by molar-refractivity contribution is -0.141. The zero-order chi connectivity index (χ0) is 23.1. The fourth-order valence-electron chi connectivity index (χ4n) is 4.40. The summed E-state index contributed by atoms with van der Waals surface area (Å²) in [5, 5.41) is 4.23. The fourth-order valence-corrected chi connectivity index (χ4v) is 4.86. The number of benzene rings is 2.